The van der Waals surface area contributed by atoms with Crippen molar-refractivity contribution in [3.8, 4) is 0 Å². The lowest BCUT2D eigenvalue weighted by Crippen LogP contribution is -2.01. The molecule has 3 rings (SSSR count). The van der Waals surface area contributed by atoms with Crippen LogP contribution in [0.4, 0.5) is 0 Å². The Kier molecular flexibility index (Phi) is 4.79. The molecule has 0 spiro atoms. The standard InChI is InChI=1S/C20H22N2/c1-2-3-5-8-16-11-13-18(14-12-16)20-21-15-19(22-20)17-9-6-4-7-10-17/h4,6-7,9-14H,2-3,5,8,15H2,1H3. The van der Waals surface area contributed by atoms with E-state index < -0.39 is 0 Å². The highest BCUT2D eigenvalue weighted by atomic mass is 15.0. The van der Waals surface area contributed by atoms with Gasteiger partial charge >= 0.3 is 0 Å². The van der Waals surface area contributed by atoms with Gasteiger partial charge in [-0.1, -0.05) is 74.4 Å². The summed E-state index contributed by atoms with van der Waals surface area (Å²) in [4.78, 5) is 9.28. The molecule has 112 valence electrons. The average molecular weight is 290 g/mol. The molecule has 0 saturated heterocycles. The van der Waals surface area contributed by atoms with Crippen LogP contribution in [0.2, 0.25) is 0 Å². The Labute approximate surface area is 132 Å². The molecule has 0 radical (unpaired) electrons. The van der Waals surface area contributed by atoms with Crippen LogP contribution in [0.15, 0.2) is 64.6 Å². The molecule has 2 heteroatoms. The van der Waals surface area contributed by atoms with Crippen molar-refractivity contribution in [1.82, 2.24) is 0 Å². The minimum absolute atomic E-state index is 0.678. The summed E-state index contributed by atoms with van der Waals surface area (Å²) in [5.41, 5.74) is 4.74. The third-order valence-corrected chi connectivity index (χ3v) is 4.01. The van der Waals surface area contributed by atoms with Crippen molar-refractivity contribution in [1.29, 1.82) is 0 Å². The fourth-order valence-electron chi connectivity index (χ4n) is 2.69. The molecular formula is C20H22N2. The summed E-state index contributed by atoms with van der Waals surface area (Å²) >= 11 is 0. The van der Waals surface area contributed by atoms with Crippen molar-refractivity contribution in [2.24, 2.45) is 9.98 Å². The molecule has 0 amide bonds. The molecular weight excluding hydrogens is 268 g/mol. The first-order valence-electron chi connectivity index (χ1n) is 8.13. The fraction of sp³-hybridized carbons (Fsp3) is 0.300. The van der Waals surface area contributed by atoms with Gasteiger partial charge in [-0.3, -0.25) is 4.99 Å². The summed E-state index contributed by atoms with van der Waals surface area (Å²) in [5.74, 6) is 0.860. The second-order valence-corrected chi connectivity index (χ2v) is 5.72. The Balaban J connectivity index is 1.69. The highest BCUT2D eigenvalue weighted by Crippen LogP contribution is 2.14. The van der Waals surface area contributed by atoms with Crippen molar-refractivity contribution in [3.05, 3.63) is 71.3 Å². The van der Waals surface area contributed by atoms with Crippen LogP contribution in [-0.4, -0.2) is 18.1 Å². The van der Waals surface area contributed by atoms with Crippen molar-refractivity contribution in [2.75, 3.05) is 6.54 Å². The van der Waals surface area contributed by atoms with Gasteiger partial charge in [-0.2, -0.15) is 0 Å². The molecule has 0 fully saturated rings. The maximum absolute atomic E-state index is 4.70. The number of aliphatic imine (C=N–C) groups is 2. The van der Waals surface area contributed by atoms with E-state index >= 15 is 0 Å². The zero-order chi connectivity index (χ0) is 15.2. The summed E-state index contributed by atoms with van der Waals surface area (Å²) < 4.78 is 0. The number of nitrogens with zero attached hydrogens (tertiary/aromatic N) is 2. The van der Waals surface area contributed by atoms with E-state index in [1.807, 2.05) is 18.2 Å². The monoisotopic (exact) mass is 290 g/mol. The number of benzene rings is 2. The van der Waals surface area contributed by atoms with Gasteiger partial charge in [-0.05, 0) is 24.0 Å². The molecule has 1 aliphatic heterocycles. The fourth-order valence-corrected chi connectivity index (χ4v) is 2.69. The van der Waals surface area contributed by atoms with Gasteiger partial charge in [-0.15, -0.1) is 0 Å². The smallest absolute Gasteiger partial charge is 0.155 e. The molecule has 0 N–H and O–H groups in total. The number of hydrogen-bond donors (Lipinski definition) is 0. The van der Waals surface area contributed by atoms with E-state index in [1.165, 1.54) is 31.2 Å². The number of hydrogen-bond acceptors (Lipinski definition) is 2. The van der Waals surface area contributed by atoms with Crippen LogP contribution in [-0.2, 0) is 6.42 Å². The summed E-state index contributed by atoms with van der Waals surface area (Å²) in [6.07, 6.45) is 5.01. The highest BCUT2D eigenvalue weighted by molar-refractivity contribution is 6.17. The number of amidine groups is 1. The molecule has 2 nitrogen and oxygen atoms in total. The first-order valence-corrected chi connectivity index (χ1v) is 8.13. The topological polar surface area (TPSA) is 24.7 Å². The van der Waals surface area contributed by atoms with E-state index in [2.05, 4.69) is 48.3 Å². The van der Waals surface area contributed by atoms with Crippen LogP contribution in [0.3, 0.4) is 0 Å². The van der Waals surface area contributed by atoms with Crippen LogP contribution in [0.1, 0.15) is 42.9 Å². The Morgan fingerprint density at radius 1 is 0.864 bits per heavy atom. The van der Waals surface area contributed by atoms with Crippen molar-refractivity contribution >= 4 is 11.5 Å². The zero-order valence-corrected chi connectivity index (χ0v) is 13.1. The van der Waals surface area contributed by atoms with Crippen LogP contribution >= 0.6 is 0 Å². The van der Waals surface area contributed by atoms with E-state index in [9.17, 15) is 0 Å². The third kappa shape index (κ3) is 3.51. The molecule has 1 heterocycles. The van der Waals surface area contributed by atoms with Gasteiger partial charge in [0.15, 0.2) is 5.84 Å². The summed E-state index contributed by atoms with van der Waals surface area (Å²) in [5, 5.41) is 0. The molecule has 1 aliphatic rings. The number of rotatable bonds is 6. The van der Waals surface area contributed by atoms with Crippen LogP contribution in [0, 0.1) is 0 Å². The summed E-state index contributed by atoms with van der Waals surface area (Å²) in [6, 6.07) is 19.0. The maximum atomic E-state index is 4.70. The first-order chi connectivity index (χ1) is 10.9. The third-order valence-electron chi connectivity index (χ3n) is 4.01. The average Bonchev–Trinajstić information content (AvgIpc) is 3.07. The lowest BCUT2D eigenvalue weighted by molar-refractivity contribution is 0.717. The largest absolute Gasteiger partial charge is 0.260 e. The second-order valence-electron chi connectivity index (χ2n) is 5.72. The number of unbranched alkanes of at least 4 members (excludes halogenated alkanes) is 2. The first kappa shape index (κ1) is 14.7. The van der Waals surface area contributed by atoms with E-state index in [0.29, 0.717) is 6.54 Å². The number of aryl methyl sites for hydroxylation is 1. The van der Waals surface area contributed by atoms with Gasteiger partial charge in [0.1, 0.15) is 0 Å². The molecule has 0 saturated carbocycles. The van der Waals surface area contributed by atoms with E-state index in [1.54, 1.807) is 0 Å². The second kappa shape index (κ2) is 7.17. The van der Waals surface area contributed by atoms with Gasteiger partial charge in [0.25, 0.3) is 0 Å². The SMILES string of the molecule is CCCCCc1ccc(C2=NCC(c3ccccc3)=N2)cc1. The minimum atomic E-state index is 0.678. The maximum Gasteiger partial charge on any atom is 0.155 e. The molecule has 0 unspecified atom stereocenters. The molecule has 22 heavy (non-hydrogen) atoms. The van der Waals surface area contributed by atoms with E-state index in [-0.39, 0.29) is 0 Å². The summed E-state index contributed by atoms with van der Waals surface area (Å²) in [7, 11) is 0. The van der Waals surface area contributed by atoms with Crippen molar-refractivity contribution in [3.63, 3.8) is 0 Å². The van der Waals surface area contributed by atoms with Crippen molar-refractivity contribution < 1.29 is 0 Å². The summed E-state index contributed by atoms with van der Waals surface area (Å²) in [6.45, 7) is 2.92. The molecule has 0 bridgehead atoms. The normalized spacial score (nSPS) is 13.9. The van der Waals surface area contributed by atoms with Gasteiger partial charge < -0.3 is 0 Å². The van der Waals surface area contributed by atoms with E-state index in [0.717, 1.165) is 22.7 Å². The highest BCUT2D eigenvalue weighted by Gasteiger charge is 2.13. The Morgan fingerprint density at radius 2 is 1.64 bits per heavy atom. The van der Waals surface area contributed by atoms with Crippen molar-refractivity contribution in [2.45, 2.75) is 32.6 Å². The van der Waals surface area contributed by atoms with Crippen LogP contribution < -0.4 is 0 Å². The van der Waals surface area contributed by atoms with Gasteiger partial charge in [0.2, 0.25) is 0 Å². The van der Waals surface area contributed by atoms with E-state index in [4.69, 9.17) is 4.99 Å². The zero-order valence-electron chi connectivity index (χ0n) is 13.1. The Morgan fingerprint density at radius 3 is 2.36 bits per heavy atom. The lowest BCUT2D eigenvalue weighted by Gasteiger charge is -2.03. The predicted molar refractivity (Wildman–Crippen MR) is 94.1 cm³/mol. The Bertz CT molecular complexity index is 667. The molecule has 2 aromatic rings. The van der Waals surface area contributed by atoms with Crippen LogP contribution in [0.5, 0.6) is 0 Å². The Hall–Kier alpha value is -2.22. The van der Waals surface area contributed by atoms with Gasteiger partial charge in [0, 0.05) is 5.56 Å². The predicted octanol–water partition coefficient (Wildman–Crippen LogP) is 4.67. The lowest BCUT2D eigenvalue weighted by atomic mass is 10.1. The quantitative estimate of drug-likeness (QED) is 0.691. The van der Waals surface area contributed by atoms with Gasteiger partial charge in [-0.25, -0.2) is 4.99 Å². The van der Waals surface area contributed by atoms with Crippen LogP contribution in [0.25, 0.3) is 0 Å². The minimum Gasteiger partial charge on any atom is -0.260 e. The molecule has 0 aromatic heterocycles. The molecule has 0 atom stereocenters. The van der Waals surface area contributed by atoms with Gasteiger partial charge in [0.05, 0.1) is 12.3 Å². The molecule has 2 aromatic carbocycles. The molecule has 0 aliphatic carbocycles.